The fourth-order valence-electron chi connectivity index (χ4n) is 1.56. The molecule has 0 spiro atoms. The van der Waals surface area contributed by atoms with E-state index in [9.17, 15) is 13.2 Å². The summed E-state index contributed by atoms with van der Waals surface area (Å²) in [4.78, 5) is 10.8. The van der Waals surface area contributed by atoms with Crippen LogP contribution in [0.5, 0.6) is 0 Å². The van der Waals surface area contributed by atoms with E-state index in [1.807, 2.05) is 6.92 Å². The van der Waals surface area contributed by atoms with Crippen LogP contribution in [0.2, 0.25) is 0 Å². The van der Waals surface area contributed by atoms with E-state index in [-0.39, 0.29) is 11.4 Å². The van der Waals surface area contributed by atoms with Gasteiger partial charge in [-0.15, -0.1) is 0 Å². The highest BCUT2D eigenvalue weighted by Crippen LogP contribution is 2.16. The van der Waals surface area contributed by atoms with E-state index in [4.69, 9.17) is 5.11 Å². The zero-order valence-corrected chi connectivity index (χ0v) is 11.3. The molecule has 0 aromatic heterocycles. The fraction of sp³-hybridized carbons (Fsp3) is 0.417. The van der Waals surface area contributed by atoms with Gasteiger partial charge in [-0.2, -0.15) is 4.31 Å². The fourth-order valence-corrected chi connectivity index (χ4v) is 2.96. The molecule has 18 heavy (non-hydrogen) atoms. The largest absolute Gasteiger partial charge is 0.480 e. The Bertz CT molecular complexity index is 507. The van der Waals surface area contributed by atoms with E-state index in [0.717, 1.165) is 16.3 Å². The van der Waals surface area contributed by atoms with Crippen molar-refractivity contribution >= 4 is 16.0 Å². The van der Waals surface area contributed by atoms with Crippen LogP contribution in [0, 0.1) is 0 Å². The van der Waals surface area contributed by atoms with Crippen LogP contribution in [0.15, 0.2) is 29.2 Å². The summed E-state index contributed by atoms with van der Waals surface area (Å²) in [7, 11) is -3.72. The van der Waals surface area contributed by atoms with Gasteiger partial charge >= 0.3 is 5.97 Å². The van der Waals surface area contributed by atoms with Crippen LogP contribution in [0.1, 0.15) is 19.4 Å². The summed E-state index contributed by atoms with van der Waals surface area (Å²) >= 11 is 0. The number of aryl methyl sites for hydroxylation is 1. The quantitative estimate of drug-likeness (QED) is 0.847. The Hall–Kier alpha value is -1.40. The highest BCUT2D eigenvalue weighted by atomic mass is 32.2. The zero-order valence-electron chi connectivity index (χ0n) is 10.5. The van der Waals surface area contributed by atoms with Crippen molar-refractivity contribution in [2.45, 2.75) is 25.2 Å². The lowest BCUT2D eigenvalue weighted by Crippen LogP contribution is -2.35. The standard InChI is InChI=1S/C12H17NO4S/c1-3-10-5-7-11(8-6-10)18(16,17)13(4-2)9-12(14)15/h5-8H,3-4,9H2,1-2H3,(H,14,15). The summed E-state index contributed by atoms with van der Waals surface area (Å²) in [5, 5.41) is 8.70. The van der Waals surface area contributed by atoms with Crippen molar-refractivity contribution in [3.05, 3.63) is 29.8 Å². The molecule has 100 valence electrons. The smallest absolute Gasteiger partial charge is 0.318 e. The molecule has 0 bridgehead atoms. The highest BCUT2D eigenvalue weighted by molar-refractivity contribution is 7.89. The SMILES string of the molecule is CCc1ccc(S(=O)(=O)N(CC)CC(=O)O)cc1. The first kappa shape index (κ1) is 14.7. The van der Waals surface area contributed by atoms with E-state index in [1.165, 1.54) is 12.1 Å². The molecule has 0 aliphatic carbocycles. The molecular formula is C12H17NO4S. The van der Waals surface area contributed by atoms with Crippen molar-refractivity contribution in [3.63, 3.8) is 0 Å². The van der Waals surface area contributed by atoms with Crippen LogP contribution < -0.4 is 0 Å². The minimum absolute atomic E-state index is 0.128. The molecule has 0 radical (unpaired) electrons. The first-order valence-corrected chi connectivity index (χ1v) is 7.16. The summed E-state index contributed by atoms with van der Waals surface area (Å²) in [6.07, 6.45) is 0.826. The van der Waals surface area contributed by atoms with Crippen molar-refractivity contribution < 1.29 is 18.3 Å². The molecule has 0 fully saturated rings. The van der Waals surface area contributed by atoms with Crippen LogP contribution in [0.4, 0.5) is 0 Å². The number of sulfonamides is 1. The van der Waals surface area contributed by atoms with Gasteiger partial charge in [-0.3, -0.25) is 4.79 Å². The van der Waals surface area contributed by atoms with Crippen LogP contribution in [0.25, 0.3) is 0 Å². The second-order valence-corrected chi connectivity index (χ2v) is 5.76. The van der Waals surface area contributed by atoms with Gasteiger partial charge in [0.05, 0.1) is 4.90 Å². The maximum absolute atomic E-state index is 12.2. The minimum Gasteiger partial charge on any atom is -0.480 e. The molecule has 0 aliphatic rings. The van der Waals surface area contributed by atoms with Crippen molar-refractivity contribution in [2.75, 3.05) is 13.1 Å². The molecule has 0 unspecified atom stereocenters. The number of carboxylic acid groups (broad SMARTS) is 1. The number of rotatable bonds is 6. The topological polar surface area (TPSA) is 74.7 Å². The van der Waals surface area contributed by atoms with Crippen molar-refractivity contribution in [3.8, 4) is 0 Å². The van der Waals surface area contributed by atoms with Crippen LogP contribution in [0.3, 0.4) is 0 Å². The van der Waals surface area contributed by atoms with Gasteiger partial charge in [0, 0.05) is 6.54 Å². The molecule has 1 aromatic carbocycles. The molecule has 1 rings (SSSR count). The Morgan fingerprint density at radius 2 is 1.78 bits per heavy atom. The molecule has 0 amide bonds. The number of aliphatic carboxylic acids is 1. The van der Waals surface area contributed by atoms with Crippen molar-refractivity contribution in [1.29, 1.82) is 0 Å². The van der Waals surface area contributed by atoms with E-state index < -0.39 is 22.5 Å². The molecular weight excluding hydrogens is 254 g/mol. The molecule has 0 saturated heterocycles. The Kier molecular flexibility index (Phi) is 4.86. The number of hydrogen-bond donors (Lipinski definition) is 1. The third-order valence-corrected chi connectivity index (χ3v) is 4.57. The summed E-state index contributed by atoms with van der Waals surface area (Å²) in [5.41, 5.74) is 1.04. The van der Waals surface area contributed by atoms with E-state index >= 15 is 0 Å². The molecule has 0 atom stereocenters. The number of carbonyl (C=O) groups is 1. The van der Waals surface area contributed by atoms with E-state index in [0.29, 0.717) is 0 Å². The highest BCUT2D eigenvalue weighted by Gasteiger charge is 2.24. The zero-order chi connectivity index (χ0) is 13.8. The average Bonchev–Trinajstić information content (AvgIpc) is 2.35. The van der Waals surface area contributed by atoms with Crippen LogP contribution in [-0.2, 0) is 21.2 Å². The first-order valence-electron chi connectivity index (χ1n) is 5.72. The molecule has 6 heteroatoms. The van der Waals surface area contributed by atoms with Gasteiger partial charge in [0.15, 0.2) is 0 Å². The van der Waals surface area contributed by atoms with Gasteiger partial charge in [-0.05, 0) is 24.1 Å². The number of benzene rings is 1. The third kappa shape index (κ3) is 3.30. The second kappa shape index (κ2) is 5.97. The van der Waals surface area contributed by atoms with Crippen LogP contribution in [-0.4, -0.2) is 36.9 Å². The Labute approximate surface area is 107 Å². The average molecular weight is 271 g/mol. The van der Waals surface area contributed by atoms with Gasteiger partial charge in [0.1, 0.15) is 6.54 Å². The lowest BCUT2D eigenvalue weighted by molar-refractivity contribution is -0.137. The van der Waals surface area contributed by atoms with E-state index in [1.54, 1.807) is 19.1 Å². The summed E-state index contributed by atoms with van der Waals surface area (Å²) < 4.78 is 25.3. The molecule has 1 aromatic rings. The minimum atomic E-state index is -3.72. The van der Waals surface area contributed by atoms with Gasteiger partial charge in [0.2, 0.25) is 10.0 Å². The molecule has 1 N–H and O–H groups in total. The number of nitrogens with zero attached hydrogens (tertiary/aromatic N) is 1. The van der Waals surface area contributed by atoms with Crippen molar-refractivity contribution in [1.82, 2.24) is 4.31 Å². The summed E-state index contributed by atoms with van der Waals surface area (Å²) in [5.74, 6) is -1.16. The van der Waals surface area contributed by atoms with Gasteiger partial charge in [-0.1, -0.05) is 26.0 Å². The first-order chi connectivity index (χ1) is 8.41. The Morgan fingerprint density at radius 3 is 2.17 bits per heavy atom. The van der Waals surface area contributed by atoms with Crippen molar-refractivity contribution in [2.24, 2.45) is 0 Å². The molecule has 0 aliphatic heterocycles. The summed E-state index contributed by atoms with van der Waals surface area (Å²) in [6, 6.07) is 6.50. The van der Waals surface area contributed by atoms with Gasteiger partial charge < -0.3 is 5.11 Å². The van der Waals surface area contributed by atoms with Gasteiger partial charge in [-0.25, -0.2) is 8.42 Å². The number of carboxylic acids is 1. The second-order valence-electron chi connectivity index (χ2n) is 3.82. The Balaban J connectivity index is 3.06. The number of hydrogen-bond acceptors (Lipinski definition) is 3. The molecule has 0 saturated carbocycles. The molecule has 5 nitrogen and oxygen atoms in total. The maximum Gasteiger partial charge on any atom is 0.318 e. The Morgan fingerprint density at radius 1 is 1.22 bits per heavy atom. The number of likely N-dealkylation sites (N-methyl/N-ethyl adjacent to an activating group) is 1. The molecule has 0 heterocycles. The van der Waals surface area contributed by atoms with E-state index in [2.05, 4.69) is 0 Å². The maximum atomic E-state index is 12.2. The predicted octanol–water partition coefficient (Wildman–Crippen LogP) is 1.34. The van der Waals surface area contributed by atoms with Gasteiger partial charge in [0.25, 0.3) is 0 Å². The third-order valence-electron chi connectivity index (χ3n) is 2.63. The van der Waals surface area contributed by atoms with Crippen LogP contribution >= 0.6 is 0 Å². The summed E-state index contributed by atoms with van der Waals surface area (Å²) in [6.45, 7) is 3.20. The lowest BCUT2D eigenvalue weighted by atomic mass is 10.2. The monoisotopic (exact) mass is 271 g/mol. The lowest BCUT2D eigenvalue weighted by Gasteiger charge is -2.18. The normalized spacial score (nSPS) is 11.7. The predicted molar refractivity (Wildman–Crippen MR) is 67.9 cm³/mol.